The highest BCUT2D eigenvalue weighted by Crippen LogP contribution is 2.60. The monoisotopic (exact) mass is 732 g/mol. The van der Waals surface area contributed by atoms with Crippen LogP contribution in [0, 0.1) is 19.3 Å². The molecule has 3 atom stereocenters. The summed E-state index contributed by atoms with van der Waals surface area (Å²) < 4.78 is 42.0. The van der Waals surface area contributed by atoms with Crippen molar-refractivity contribution in [3.63, 3.8) is 0 Å². The number of nitrogens with two attached hydrogens (primary N) is 1. The van der Waals surface area contributed by atoms with Gasteiger partial charge in [-0.2, -0.15) is 18.3 Å². The van der Waals surface area contributed by atoms with Gasteiger partial charge in [0.05, 0.1) is 16.9 Å². The number of hydrogen-bond acceptors (Lipinski definition) is 9. The minimum atomic E-state index is -4.73. The normalized spacial score (nSPS) is 22.5. The molecule has 0 aromatic carbocycles. The zero-order valence-corrected chi connectivity index (χ0v) is 29.5. The molecule has 6 heterocycles. The van der Waals surface area contributed by atoms with Gasteiger partial charge >= 0.3 is 6.18 Å². The van der Waals surface area contributed by atoms with Gasteiger partial charge in [-0.05, 0) is 63.6 Å². The van der Waals surface area contributed by atoms with Crippen LogP contribution in [0.1, 0.15) is 78.2 Å². The maximum absolute atomic E-state index is 14.5. The van der Waals surface area contributed by atoms with E-state index in [-0.39, 0.29) is 30.4 Å². The van der Waals surface area contributed by atoms with E-state index in [2.05, 4.69) is 25.4 Å². The lowest BCUT2D eigenvalue weighted by atomic mass is 9.98. The Morgan fingerprint density at radius 2 is 1.70 bits per heavy atom. The molecule has 2 fully saturated rings. The average molecular weight is 733 g/mol. The Morgan fingerprint density at radius 1 is 0.981 bits per heavy atom. The first-order valence-electron chi connectivity index (χ1n) is 17.6. The van der Waals surface area contributed by atoms with Crippen molar-refractivity contribution in [2.45, 2.75) is 90.0 Å². The Bertz CT molecular complexity index is 2140. The van der Waals surface area contributed by atoms with E-state index < -0.39 is 47.1 Å². The highest BCUT2D eigenvalue weighted by atomic mass is 19.4. The fourth-order valence-electron chi connectivity index (χ4n) is 7.76. The van der Waals surface area contributed by atoms with Crippen LogP contribution in [0.2, 0.25) is 0 Å². The predicted molar refractivity (Wildman–Crippen MR) is 185 cm³/mol. The highest BCUT2D eigenvalue weighted by molar-refractivity contribution is 6.06. The molecule has 53 heavy (non-hydrogen) atoms. The Hall–Kier alpha value is -5.48. The van der Waals surface area contributed by atoms with Crippen LogP contribution in [-0.2, 0) is 33.5 Å². The number of hydrogen-bond donors (Lipinski definition) is 2. The van der Waals surface area contributed by atoms with Crippen LogP contribution in [-0.4, -0.2) is 88.8 Å². The first-order valence-corrected chi connectivity index (χ1v) is 17.6. The molecule has 4 amide bonds. The van der Waals surface area contributed by atoms with Crippen LogP contribution < -0.4 is 11.1 Å². The van der Waals surface area contributed by atoms with Gasteiger partial charge in [0, 0.05) is 54.8 Å². The van der Waals surface area contributed by atoms with Crippen molar-refractivity contribution < 1.29 is 32.3 Å². The van der Waals surface area contributed by atoms with Gasteiger partial charge in [0.1, 0.15) is 29.9 Å². The smallest absolute Gasteiger partial charge is 0.364 e. The molecule has 1 saturated carbocycles. The van der Waals surface area contributed by atoms with Crippen LogP contribution in [0.5, 0.6) is 0 Å². The van der Waals surface area contributed by atoms with Gasteiger partial charge in [0.25, 0.3) is 5.91 Å². The molecular weight excluding hydrogens is 693 g/mol. The van der Waals surface area contributed by atoms with Crippen molar-refractivity contribution in [1.29, 1.82) is 0 Å². The summed E-state index contributed by atoms with van der Waals surface area (Å²) in [5, 5.41) is 7.46. The maximum Gasteiger partial charge on any atom is 0.433 e. The molecular formula is C36H39F3N10O4. The predicted octanol–water partition coefficient (Wildman–Crippen LogP) is 3.98. The van der Waals surface area contributed by atoms with E-state index in [4.69, 9.17) is 10.7 Å². The minimum absolute atomic E-state index is 0.0422. The van der Waals surface area contributed by atoms with Crippen LogP contribution in [0.4, 0.5) is 19.0 Å². The zero-order valence-electron chi connectivity index (χ0n) is 29.5. The average Bonchev–Trinajstić information content (AvgIpc) is 3.49. The quantitative estimate of drug-likeness (QED) is 0.314. The Balaban J connectivity index is 1.29. The fourth-order valence-corrected chi connectivity index (χ4v) is 7.76. The molecule has 1 aliphatic carbocycles. The van der Waals surface area contributed by atoms with Crippen molar-refractivity contribution >= 4 is 40.3 Å². The van der Waals surface area contributed by atoms with Gasteiger partial charge in [-0.1, -0.05) is 18.9 Å². The van der Waals surface area contributed by atoms with Crippen molar-refractivity contribution in [2.24, 2.45) is 11.1 Å². The SMILES string of the molecule is Cc1ncc(-c2cc3c(C(N)=O)nn4c3c(n2)CCCCCCC(=O)N(C)C[C@@]23C[C@@H](C(=O)Nc5nc(C(F)(F)F)ccc5C)N(C(=O)C4)[C@@H]2C3)cn1. The number of rotatable bonds is 4. The van der Waals surface area contributed by atoms with Gasteiger partial charge in [-0.25, -0.2) is 15.0 Å². The second-order valence-electron chi connectivity index (χ2n) is 14.4. The largest absolute Gasteiger partial charge is 0.433 e. The molecule has 0 spiro atoms. The maximum atomic E-state index is 14.5. The number of aromatic nitrogens is 6. The molecule has 2 bridgehead atoms. The van der Waals surface area contributed by atoms with E-state index in [0.717, 1.165) is 18.9 Å². The Kier molecular flexibility index (Phi) is 9.14. The van der Waals surface area contributed by atoms with E-state index in [1.165, 1.54) is 22.6 Å². The van der Waals surface area contributed by atoms with E-state index >= 15 is 0 Å². The van der Waals surface area contributed by atoms with Gasteiger partial charge < -0.3 is 20.9 Å². The summed E-state index contributed by atoms with van der Waals surface area (Å²) in [6, 6.07) is 2.23. The zero-order chi connectivity index (χ0) is 37.8. The molecule has 1 saturated heterocycles. The van der Waals surface area contributed by atoms with Crippen molar-refractivity contribution in [3.8, 4) is 11.3 Å². The summed E-state index contributed by atoms with van der Waals surface area (Å²) >= 11 is 0. The molecule has 278 valence electrons. The second kappa shape index (κ2) is 13.5. The number of nitrogens with zero attached hydrogens (tertiary/aromatic N) is 8. The Morgan fingerprint density at radius 3 is 2.40 bits per heavy atom. The van der Waals surface area contributed by atoms with E-state index in [1.54, 1.807) is 37.3 Å². The number of carbonyl (C=O) groups excluding carboxylic acids is 4. The minimum Gasteiger partial charge on any atom is -0.364 e. The molecule has 4 aromatic rings. The number of anilines is 1. The summed E-state index contributed by atoms with van der Waals surface area (Å²) in [6.45, 7) is 3.21. The summed E-state index contributed by atoms with van der Waals surface area (Å²) in [4.78, 5) is 74.7. The second-order valence-corrected chi connectivity index (χ2v) is 14.4. The molecule has 0 radical (unpaired) electrons. The standard InChI is InChI=1S/C36H39F3N10O4/c1-19-10-11-26(36(37,38)39)44-33(19)45-34(53)25-13-35-14-27(35)49(25)29(51)17-48-31-22(30(46-48)32(40)52)12-24(21-15-41-20(2)42-16-21)43-23(31)8-6-4-5-7-9-28(50)47(3)18-35/h10-12,15-16,25,27H,4-9,13-14,17-18H2,1-3H3,(H2,40,52)(H,44,45,53)/t25-,27+,35-/m0/s1. The molecule has 3 aliphatic rings. The lowest BCUT2D eigenvalue weighted by Crippen LogP contribution is -2.47. The van der Waals surface area contributed by atoms with Crippen molar-refractivity contribution in [3.05, 3.63) is 59.1 Å². The number of primary amides is 1. The lowest BCUT2D eigenvalue weighted by molar-refractivity contribution is -0.141. The third-order valence-corrected chi connectivity index (χ3v) is 10.6. The summed E-state index contributed by atoms with van der Waals surface area (Å²) in [5.41, 5.74) is 6.47. The van der Waals surface area contributed by atoms with Gasteiger partial charge in [-0.15, -0.1) is 0 Å². The van der Waals surface area contributed by atoms with Gasteiger partial charge in [0.15, 0.2) is 5.69 Å². The molecule has 2 aliphatic heterocycles. The lowest BCUT2D eigenvalue weighted by Gasteiger charge is -2.27. The number of aryl methyl sites for hydroxylation is 3. The molecule has 0 unspecified atom stereocenters. The van der Waals surface area contributed by atoms with Gasteiger partial charge in [0.2, 0.25) is 17.7 Å². The summed E-state index contributed by atoms with van der Waals surface area (Å²) in [6.07, 6.45) is 3.03. The first kappa shape index (κ1) is 35.9. The fraction of sp³-hybridized carbons (Fsp3) is 0.472. The van der Waals surface area contributed by atoms with Gasteiger partial charge in [-0.3, -0.25) is 28.8 Å². The number of halogens is 3. The Labute approximate surface area is 302 Å². The van der Waals surface area contributed by atoms with E-state index in [1.807, 2.05) is 0 Å². The van der Waals surface area contributed by atoms with Crippen LogP contribution >= 0.6 is 0 Å². The third kappa shape index (κ3) is 6.91. The molecule has 7 rings (SSSR count). The first-order chi connectivity index (χ1) is 25.1. The van der Waals surface area contributed by atoms with Crippen LogP contribution in [0.15, 0.2) is 30.6 Å². The van der Waals surface area contributed by atoms with Crippen LogP contribution in [0.25, 0.3) is 22.2 Å². The highest BCUT2D eigenvalue weighted by Gasteiger charge is 2.67. The van der Waals surface area contributed by atoms with Crippen molar-refractivity contribution in [1.82, 2.24) is 39.5 Å². The number of nitrogens with one attached hydrogen (secondary N) is 1. The number of piperidine rings is 1. The number of carbonyl (C=O) groups is 4. The van der Waals surface area contributed by atoms with E-state index in [9.17, 15) is 32.3 Å². The topological polar surface area (TPSA) is 182 Å². The number of alkyl halides is 3. The number of amides is 4. The third-order valence-electron chi connectivity index (χ3n) is 10.6. The molecule has 3 N–H and O–H groups in total. The van der Waals surface area contributed by atoms with Crippen molar-refractivity contribution in [2.75, 3.05) is 18.9 Å². The summed E-state index contributed by atoms with van der Waals surface area (Å²) in [7, 11) is 1.71. The van der Waals surface area contributed by atoms with E-state index in [0.29, 0.717) is 77.9 Å². The molecule has 4 aromatic heterocycles. The molecule has 17 heteroatoms. The number of pyridine rings is 2. The summed E-state index contributed by atoms with van der Waals surface area (Å²) in [5.74, 6) is -1.73. The van der Waals surface area contributed by atoms with Crippen LogP contribution in [0.3, 0.4) is 0 Å². The molecule has 14 nitrogen and oxygen atoms in total.